The summed E-state index contributed by atoms with van der Waals surface area (Å²) in [5.41, 5.74) is 3.79. The number of hydrogen-bond donors (Lipinski definition) is 1. The second kappa shape index (κ2) is 7.52. The molecular formula is C16H20N2O. The van der Waals surface area contributed by atoms with Gasteiger partial charge in [0.1, 0.15) is 0 Å². The number of allylic oxidation sites excluding steroid dienone is 2. The third-order valence-electron chi connectivity index (χ3n) is 3.27. The molecular weight excluding hydrogens is 236 g/mol. The highest BCUT2D eigenvalue weighted by molar-refractivity contribution is 5.77. The van der Waals surface area contributed by atoms with Crippen molar-refractivity contribution in [2.45, 2.75) is 32.1 Å². The van der Waals surface area contributed by atoms with E-state index in [1.54, 1.807) is 0 Å². The van der Waals surface area contributed by atoms with Crippen molar-refractivity contribution in [3.63, 3.8) is 0 Å². The van der Waals surface area contributed by atoms with Crippen LogP contribution in [-0.2, 0) is 11.2 Å². The van der Waals surface area contributed by atoms with Crippen molar-refractivity contribution in [2.24, 2.45) is 11.0 Å². The number of carbonyl (C=O) groups excluding carboxylic acids is 1. The fourth-order valence-electron chi connectivity index (χ4n) is 2.13. The van der Waals surface area contributed by atoms with Gasteiger partial charge in [-0.3, -0.25) is 4.79 Å². The van der Waals surface area contributed by atoms with E-state index in [1.165, 1.54) is 5.56 Å². The summed E-state index contributed by atoms with van der Waals surface area (Å²) in [6.45, 7) is 0. The summed E-state index contributed by atoms with van der Waals surface area (Å²) in [5, 5.41) is 4.05. The molecule has 0 aromatic heterocycles. The number of aryl methyl sites for hydroxylation is 1. The highest BCUT2D eigenvalue weighted by atomic mass is 16.2. The summed E-state index contributed by atoms with van der Waals surface area (Å²) >= 11 is 0. The Labute approximate surface area is 114 Å². The molecule has 0 saturated heterocycles. The predicted octanol–water partition coefficient (Wildman–Crippen LogP) is 3.08. The summed E-state index contributed by atoms with van der Waals surface area (Å²) in [6, 6.07) is 10.0. The molecule has 0 aliphatic heterocycles. The Morgan fingerprint density at radius 3 is 2.89 bits per heavy atom. The molecule has 19 heavy (non-hydrogen) atoms. The number of amides is 1. The van der Waals surface area contributed by atoms with Crippen LogP contribution in [0.5, 0.6) is 0 Å². The van der Waals surface area contributed by atoms with Crippen LogP contribution in [0, 0.1) is 5.92 Å². The maximum atomic E-state index is 11.6. The molecule has 3 heteroatoms. The molecule has 1 N–H and O–H groups in total. The van der Waals surface area contributed by atoms with Crippen molar-refractivity contribution >= 4 is 12.1 Å². The minimum atomic E-state index is -0.0218. The van der Waals surface area contributed by atoms with Crippen molar-refractivity contribution in [1.82, 2.24) is 5.43 Å². The van der Waals surface area contributed by atoms with Crippen molar-refractivity contribution in [1.29, 1.82) is 0 Å². The summed E-state index contributed by atoms with van der Waals surface area (Å²) in [4.78, 5) is 11.6. The van der Waals surface area contributed by atoms with Gasteiger partial charge in [-0.25, -0.2) is 5.43 Å². The molecule has 1 atom stereocenters. The van der Waals surface area contributed by atoms with Gasteiger partial charge in [-0.05, 0) is 37.2 Å². The maximum absolute atomic E-state index is 11.6. The molecule has 1 aliphatic carbocycles. The van der Waals surface area contributed by atoms with E-state index in [2.05, 4.69) is 22.7 Å². The highest BCUT2D eigenvalue weighted by Crippen LogP contribution is 2.15. The van der Waals surface area contributed by atoms with Gasteiger partial charge in [-0.2, -0.15) is 5.10 Å². The number of nitrogens with one attached hydrogen (secondary N) is 1. The number of benzene rings is 1. The first-order valence-electron chi connectivity index (χ1n) is 6.85. The van der Waals surface area contributed by atoms with Crippen LogP contribution < -0.4 is 5.43 Å². The van der Waals surface area contributed by atoms with E-state index in [9.17, 15) is 4.79 Å². The highest BCUT2D eigenvalue weighted by Gasteiger charge is 2.06. The van der Waals surface area contributed by atoms with Gasteiger partial charge in [0.2, 0.25) is 5.91 Å². The van der Waals surface area contributed by atoms with E-state index in [0.29, 0.717) is 12.3 Å². The van der Waals surface area contributed by atoms with Crippen LogP contribution in [0.25, 0.3) is 0 Å². The molecule has 1 aromatic carbocycles. The second-order valence-electron chi connectivity index (χ2n) is 4.84. The Morgan fingerprint density at radius 1 is 1.32 bits per heavy atom. The van der Waals surface area contributed by atoms with Crippen LogP contribution in [0.15, 0.2) is 47.6 Å². The Morgan fingerprint density at radius 2 is 2.16 bits per heavy atom. The van der Waals surface area contributed by atoms with Gasteiger partial charge in [0.25, 0.3) is 0 Å². The van der Waals surface area contributed by atoms with Crippen molar-refractivity contribution in [3.05, 3.63) is 48.0 Å². The Bertz CT molecular complexity index is 451. The van der Waals surface area contributed by atoms with E-state index in [0.717, 1.165) is 25.7 Å². The van der Waals surface area contributed by atoms with Gasteiger partial charge in [0, 0.05) is 12.6 Å². The lowest BCUT2D eigenvalue weighted by Gasteiger charge is -2.11. The molecule has 0 heterocycles. The third kappa shape index (κ3) is 5.08. The summed E-state index contributed by atoms with van der Waals surface area (Å²) in [5.74, 6) is 0.450. The minimum absolute atomic E-state index is 0.0218. The van der Waals surface area contributed by atoms with Crippen LogP contribution in [0.3, 0.4) is 0 Å². The number of hydrazone groups is 1. The molecule has 0 saturated carbocycles. The first-order chi connectivity index (χ1) is 9.34. The fourth-order valence-corrected chi connectivity index (χ4v) is 2.13. The van der Waals surface area contributed by atoms with E-state index in [4.69, 9.17) is 0 Å². The molecule has 1 aliphatic rings. The van der Waals surface area contributed by atoms with Crippen LogP contribution in [0.2, 0.25) is 0 Å². The smallest absolute Gasteiger partial charge is 0.240 e. The second-order valence-corrected chi connectivity index (χ2v) is 4.84. The number of nitrogens with zero attached hydrogens (tertiary/aromatic N) is 1. The van der Waals surface area contributed by atoms with Gasteiger partial charge >= 0.3 is 0 Å². The van der Waals surface area contributed by atoms with Gasteiger partial charge in [0.05, 0.1) is 0 Å². The van der Waals surface area contributed by atoms with Crippen molar-refractivity contribution < 1.29 is 4.79 Å². The first kappa shape index (κ1) is 13.5. The van der Waals surface area contributed by atoms with Crippen molar-refractivity contribution in [2.75, 3.05) is 0 Å². The zero-order valence-corrected chi connectivity index (χ0v) is 11.1. The summed E-state index contributed by atoms with van der Waals surface area (Å²) in [6.07, 6.45) is 10.7. The van der Waals surface area contributed by atoms with Crippen LogP contribution in [0.4, 0.5) is 0 Å². The number of rotatable bonds is 5. The molecule has 2 rings (SSSR count). The largest absolute Gasteiger partial charge is 0.273 e. The van der Waals surface area contributed by atoms with E-state index < -0.39 is 0 Å². The third-order valence-corrected chi connectivity index (χ3v) is 3.27. The number of carbonyl (C=O) groups is 1. The Hall–Kier alpha value is -1.90. The lowest BCUT2D eigenvalue weighted by molar-refractivity contribution is -0.121. The van der Waals surface area contributed by atoms with E-state index in [1.807, 2.05) is 36.5 Å². The molecule has 0 radical (unpaired) electrons. The zero-order valence-electron chi connectivity index (χ0n) is 11.1. The molecule has 0 bridgehead atoms. The van der Waals surface area contributed by atoms with Crippen LogP contribution in [0.1, 0.15) is 31.2 Å². The first-order valence-corrected chi connectivity index (χ1v) is 6.85. The lowest BCUT2D eigenvalue weighted by Crippen LogP contribution is -2.19. The normalized spacial score (nSPS) is 18.6. The maximum Gasteiger partial charge on any atom is 0.240 e. The SMILES string of the molecule is O=C(CCc1ccccc1)NN=C[C@H]1CC=CCC1. The zero-order chi connectivity index (χ0) is 13.3. The topological polar surface area (TPSA) is 41.5 Å². The molecule has 0 spiro atoms. The molecule has 1 amide bonds. The Kier molecular flexibility index (Phi) is 5.35. The van der Waals surface area contributed by atoms with Crippen LogP contribution in [-0.4, -0.2) is 12.1 Å². The Balaban J connectivity index is 1.67. The average molecular weight is 256 g/mol. The standard InChI is InChI=1S/C16H20N2O/c19-16(12-11-14-7-3-1-4-8-14)18-17-13-15-9-5-2-6-10-15/h1-5,7-8,13,15H,6,9-12H2,(H,18,19)/t15-/m0/s1. The van der Waals surface area contributed by atoms with Gasteiger partial charge in [-0.15, -0.1) is 0 Å². The average Bonchev–Trinajstić information content (AvgIpc) is 2.47. The lowest BCUT2D eigenvalue weighted by atomic mass is 9.96. The monoisotopic (exact) mass is 256 g/mol. The quantitative estimate of drug-likeness (QED) is 0.491. The molecule has 3 nitrogen and oxygen atoms in total. The summed E-state index contributed by atoms with van der Waals surface area (Å²) in [7, 11) is 0. The van der Waals surface area contributed by atoms with E-state index in [-0.39, 0.29) is 5.91 Å². The van der Waals surface area contributed by atoms with Crippen LogP contribution >= 0.6 is 0 Å². The van der Waals surface area contributed by atoms with Gasteiger partial charge < -0.3 is 0 Å². The molecule has 100 valence electrons. The predicted molar refractivity (Wildman–Crippen MR) is 77.9 cm³/mol. The summed E-state index contributed by atoms with van der Waals surface area (Å²) < 4.78 is 0. The van der Waals surface area contributed by atoms with Gasteiger partial charge in [0.15, 0.2) is 0 Å². The minimum Gasteiger partial charge on any atom is -0.273 e. The molecule has 0 unspecified atom stereocenters. The van der Waals surface area contributed by atoms with Crippen molar-refractivity contribution in [3.8, 4) is 0 Å². The molecule has 0 fully saturated rings. The fraction of sp³-hybridized carbons (Fsp3) is 0.375. The van der Waals surface area contributed by atoms with Gasteiger partial charge in [-0.1, -0.05) is 42.5 Å². The number of hydrogen-bond acceptors (Lipinski definition) is 2. The molecule has 1 aromatic rings. The van der Waals surface area contributed by atoms with E-state index >= 15 is 0 Å².